The van der Waals surface area contributed by atoms with Crippen molar-refractivity contribution in [2.24, 2.45) is 14.1 Å². The number of hydrogen-bond donors (Lipinski definition) is 0. The van der Waals surface area contributed by atoms with Gasteiger partial charge in [0.15, 0.2) is 10.8 Å². The van der Waals surface area contributed by atoms with Gasteiger partial charge >= 0.3 is 0 Å². The standard InChI is InChI=1S/C17H17N5S/c1-11-13-8-12(9-18-16(13)22(3)20-11)10-23-17-19-14-6-4-5-7-15(14)21(17)2/h4-9H,10H2,1-3H3. The van der Waals surface area contributed by atoms with Gasteiger partial charge in [0.2, 0.25) is 0 Å². The number of aryl methyl sites for hydroxylation is 3. The predicted molar refractivity (Wildman–Crippen MR) is 93.5 cm³/mol. The van der Waals surface area contributed by atoms with Crippen LogP contribution in [-0.2, 0) is 19.8 Å². The van der Waals surface area contributed by atoms with Crippen LogP contribution in [0.1, 0.15) is 11.3 Å². The fourth-order valence-electron chi connectivity index (χ4n) is 2.83. The first kappa shape index (κ1) is 14.3. The normalized spacial score (nSPS) is 11.6. The number of fused-ring (bicyclic) bond motifs is 2. The number of aromatic nitrogens is 5. The maximum absolute atomic E-state index is 4.70. The van der Waals surface area contributed by atoms with Gasteiger partial charge in [-0.25, -0.2) is 9.97 Å². The molecule has 3 heterocycles. The summed E-state index contributed by atoms with van der Waals surface area (Å²) in [7, 11) is 3.99. The van der Waals surface area contributed by atoms with E-state index in [1.807, 2.05) is 43.0 Å². The molecule has 3 aromatic heterocycles. The second-order valence-electron chi connectivity index (χ2n) is 5.65. The van der Waals surface area contributed by atoms with Crippen molar-refractivity contribution in [3.05, 3.63) is 47.8 Å². The number of rotatable bonds is 3. The number of nitrogens with zero attached hydrogens (tertiary/aromatic N) is 5. The van der Waals surface area contributed by atoms with E-state index in [-0.39, 0.29) is 0 Å². The number of para-hydroxylation sites is 2. The van der Waals surface area contributed by atoms with E-state index in [2.05, 4.69) is 33.8 Å². The third-order valence-corrected chi connectivity index (χ3v) is 5.13. The number of benzene rings is 1. The molecule has 0 aliphatic carbocycles. The largest absolute Gasteiger partial charge is 0.322 e. The molecule has 0 aliphatic heterocycles. The Morgan fingerprint density at radius 1 is 1.17 bits per heavy atom. The summed E-state index contributed by atoms with van der Waals surface area (Å²) in [5, 5.41) is 6.57. The van der Waals surface area contributed by atoms with E-state index in [1.165, 1.54) is 5.56 Å². The van der Waals surface area contributed by atoms with Crippen molar-refractivity contribution in [3.8, 4) is 0 Å². The van der Waals surface area contributed by atoms with Gasteiger partial charge < -0.3 is 4.57 Å². The van der Waals surface area contributed by atoms with Crippen LogP contribution >= 0.6 is 11.8 Å². The average molecular weight is 323 g/mol. The molecule has 0 bridgehead atoms. The number of hydrogen-bond acceptors (Lipinski definition) is 4. The Labute approximate surface area is 138 Å². The van der Waals surface area contributed by atoms with Gasteiger partial charge in [0, 0.05) is 31.4 Å². The van der Waals surface area contributed by atoms with Gasteiger partial charge in [0.05, 0.1) is 16.7 Å². The zero-order valence-electron chi connectivity index (χ0n) is 13.3. The molecule has 0 fully saturated rings. The molecule has 0 spiro atoms. The molecular weight excluding hydrogens is 306 g/mol. The summed E-state index contributed by atoms with van der Waals surface area (Å²) in [6, 6.07) is 10.4. The molecule has 0 N–H and O–H groups in total. The Bertz CT molecular complexity index is 1010. The Hall–Kier alpha value is -2.34. The second kappa shape index (κ2) is 5.38. The van der Waals surface area contributed by atoms with Crippen LogP contribution in [0, 0.1) is 6.92 Å². The first-order chi connectivity index (χ1) is 11.1. The second-order valence-corrected chi connectivity index (χ2v) is 6.60. The van der Waals surface area contributed by atoms with Crippen molar-refractivity contribution in [1.29, 1.82) is 0 Å². The lowest BCUT2D eigenvalue weighted by molar-refractivity contribution is 0.773. The molecule has 0 unspecified atom stereocenters. The van der Waals surface area contributed by atoms with Gasteiger partial charge in [-0.3, -0.25) is 4.68 Å². The van der Waals surface area contributed by atoms with Crippen LogP contribution < -0.4 is 0 Å². The predicted octanol–water partition coefficient (Wildman–Crippen LogP) is 3.46. The Balaban J connectivity index is 1.63. The highest BCUT2D eigenvalue weighted by atomic mass is 32.2. The molecule has 0 atom stereocenters. The van der Waals surface area contributed by atoms with Gasteiger partial charge in [-0.2, -0.15) is 5.10 Å². The van der Waals surface area contributed by atoms with Crippen LogP contribution in [0.4, 0.5) is 0 Å². The molecule has 0 radical (unpaired) electrons. The highest BCUT2D eigenvalue weighted by Gasteiger charge is 2.10. The lowest BCUT2D eigenvalue weighted by Gasteiger charge is -2.03. The molecule has 4 rings (SSSR count). The van der Waals surface area contributed by atoms with E-state index in [0.717, 1.165) is 38.7 Å². The maximum Gasteiger partial charge on any atom is 0.169 e. The Morgan fingerprint density at radius 2 is 2.00 bits per heavy atom. The molecule has 6 heteroatoms. The maximum atomic E-state index is 4.70. The van der Waals surface area contributed by atoms with Crippen LogP contribution in [0.2, 0.25) is 0 Å². The first-order valence-electron chi connectivity index (χ1n) is 7.46. The number of imidazole rings is 1. The van der Waals surface area contributed by atoms with Crippen molar-refractivity contribution in [1.82, 2.24) is 24.3 Å². The van der Waals surface area contributed by atoms with E-state index in [1.54, 1.807) is 11.8 Å². The van der Waals surface area contributed by atoms with Crippen LogP contribution in [0.5, 0.6) is 0 Å². The highest BCUT2D eigenvalue weighted by Crippen LogP contribution is 2.26. The van der Waals surface area contributed by atoms with Crippen LogP contribution in [0.15, 0.2) is 41.7 Å². The smallest absolute Gasteiger partial charge is 0.169 e. The van der Waals surface area contributed by atoms with Crippen molar-refractivity contribution in [2.45, 2.75) is 17.8 Å². The molecule has 0 aliphatic rings. The van der Waals surface area contributed by atoms with Crippen molar-refractivity contribution < 1.29 is 0 Å². The van der Waals surface area contributed by atoms with Crippen LogP contribution in [-0.4, -0.2) is 24.3 Å². The van der Waals surface area contributed by atoms with Gasteiger partial charge in [-0.1, -0.05) is 23.9 Å². The monoisotopic (exact) mass is 323 g/mol. The van der Waals surface area contributed by atoms with Crippen molar-refractivity contribution in [3.63, 3.8) is 0 Å². The summed E-state index contributed by atoms with van der Waals surface area (Å²) in [5.74, 6) is 0.842. The summed E-state index contributed by atoms with van der Waals surface area (Å²) in [4.78, 5) is 9.24. The van der Waals surface area contributed by atoms with E-state index in [9.17, 15) is 0 Å². The number of thioether (sulfide) groups is 1. The highest BCUT2D eigenvalue weighted by molar-refractivity contribution is 7.98. The lowest BCUT2D eigenvalue weighted by Crippen LogP contribution is -1.93. The SMILES string of the molecule is Cc1nn(C)c2ncc(CSc3nc4ccccc4n3C)cc12. The molecular formula is C17H17N5S. The fraction of sp³-hybridized carbons (Fsp3) is 0.235. The Morgan fingerprint density at radius 3 is 2.83 bits per heavy atom. The summed E-state index contributed by atoms with van der Waals surface area (Å²) in [5.41, 5.74) is 5.33. The van der Waals surface area contributed by atoms with Gasteiger partial charge in [0.25, 0.3) is 0 Å². The molecule has 23 heavy (non-hydrogen) atoms. The first-order valence-corrected chi connectivity index (χ1v) is 8.44. The molecule has 0 amide bonds. The molecule has 0 saturated carbocycles. The number of pyridine rings is 1. The van der Waals surface area contributed by atoms with E-state index in [0.29, 0.717) is 0 Å². The van der Waals surface area contributed by atoms with Gasteiger partial charge in [-0.15, -0.1) is 0 Å². The summed E-state index contributed by atoms with van der Waals surface area (Å²) in [6.07, 6.45) is 1.93. The van der Waals surface area contributed by atoms with E-state index >= 15 is 0 Å². The molecule has 5 nitrogen and oxygen atoms in total. The topological polar surface area (TPSA) is 48.5 Å². The zero-order chi connectivity index (χ0) is 16.0. The lowest BCUT2D eigenvalue weighted by atomic mass is 10.2. The minimum atomic E-state index is 0.842. The quantitative estimate of drug-likeness (QED) is 0.542. The zero-order valence-corrected chi connectivity index (χ0v) is 14.1. The van der Waals surface area contributed by atoms with Gasteiger partial charge in [0.1, 0.15) is 0 Å². The third kappa shape index (κ3) is 2.39. The molecule has 1 aromatic carbocycles. The Kier molecular flexibility index (Phi) is 3.34. The minimum Gasteiger partial charge on any atom is -0.322 e. The van der Waals surface area contributed by atoms with Crippen molar-refractivity contribution in [2.75, 3.05) is 0 Å². The van der Waals surface area contributed by atoms with Gasteiger partial charge in [-0.05, 0) is 30.7 Å². The van der Waals surface area contributed by atoms with Crippen LogP contribution in [0.3, 0.4) is 0 Å². The van der Waals surface area contributed by atoms with E-state index in [4.69, 9.17) is 4.98 Å². The minimum absolute atomic E-state index is 0.842. The van der Waals surface area contributed by atoms with Crippen molar-refractivity contribution >= 4 is 33.8 Å². The summed E-state index contributed by atoms with van der Waals surface area (Å²) >= 11 is 1.73. The summed E-state index contributed by atoms with van der Waals surface area (Å²) < 4.78 is 3.97. The molecule has 4 aromatic rings. The average Bonchev–Trinajstić information content (AvgIpc) is 3.03. The molecule has 0 saturated heterocycles. The third-order valence-electron chi connectivity index (χ3n) is 4.03. The fourth-order valence-corrected chi connectivity index (χ4v) is 3.74. The molecule has 116 valence electrons. The summed E-state index contributed by atoms with van der Waals surface area (Å²) in [6.45, 7) is 2.02. The van der Waals surface area contributed by atoms with E-state index < -0.39 is 0 Å². The van der Waals surface area contributed by atoms with Crippen LogP contribution in [0.25, 0.3) is 22.1 Å².